The highest BCUT2D eigenvalue weighted by atomic mass is 35.5. The fourth-order valence-electron chi connectivity index (χ4n) is 0.771. The first-order chi connectivity index (χ1) is 6.56. The van der Waals surface area contributed by atoms with Gasteiger partial charge in [0.25, 0.3) is 0 Å². The number of nitrogens with one attached hydrogen (secondary N) is 1. The highest BCUT2D eigenvalue weighted by Gasteiger charge is 2.15. The molecule has 1 rings (SSSR count). The summed E-state index contributed by atoms with van der Waals surface area (Å²) >= 11 is 6.64. The highest BCUT2D eigenvalue weighted by molar-refractivity contribution is 7.91. The Morgan fingerprint density at radius 3 is 2.79 bits per heavy atom. The van der Waals surface area contributed by atoms with Crippen molar-refractivity contribution in [2.75, 3.05) is 6.54 Å². The molecule has 14 heavy (non-hydrogen) atoms. The first kappa shape index (κ1) is 11.5. The van der Waals surface area contributed by atoms with Crippen LogP contribution in [0.1, 0.15) is 6.42 Å². The van der Waals surface area contributed by atoms with Crippen LogP contribution in [0.3, 0.4) is 0 Å². The summed E-state index contributed by atoms with van der Waals surface area (Å²) in [5.41, 5.74) is 0. The zero-order valence-corrected chi connectivity index (χ0v) is 9.55. The maximum atomic E-state index is 11.5. The standard InChI is InChI=1S/C8H8ClNO2S2/c1-2-3-6-10-14(11,12)8-5-4-7(9)13-8/h1,4-5,10H,3,6H2. The Hall–Kier alpha value is -0.540. The van der Waals surface area contributed by atoms with Gasteiger partial charge in [-0.25, -0.2) is 13.1 Å². The lowest BCUT2D eigenvalue weighted by Gasteiger charge is -2.00. The Balaban J connectivity index is 2.72. The minimum Gasteiger partial charge on any atom is -0.209 e. The summed E-state index contributed by atoms with van der Waals surface area (Å²) in [7, 11) is -3.42. The number of rotatable bonds is 4. The summed E-state index contributed by atoms with van der Waals surface area (Å²) in [6, 6.07) is 3.01. The van der Waals surface area contributed by atoms with Gasteiger partial charge >= 0.3 is 0 Å². The van der Waals surface area contributed by atoms with E-state index in [-0.39, 0.29) is 10.8 Å². The van der Waals surface area contributed by atoms with Gasteiger partial charge in [-0.2, -0.15) is 0 Å². The molecule has 0 fully saturated rings. The Morgan fingerprint density at radius 2 is 2.29 bits per heavy atom. The van der Waals surface area contributed by atoms with Crippen molar-refractivity contribution in [3.8, 4) is 12.3 Å². The average molecular weight is 250 g/mol. The molecule has 6 heteroatoms. The summed E-state index contributed by atoms with van der Waals surface area (Å²) in [5.74, 6) is 2.35. The maximum Gasteiger partial charge on any atom is 0.250 e. The van der Waals surface area contributed by atoms with Gasteiger partial charge in [0.15, 0.2) is 0 Å². The third kappa shape index (κ3) is 3.00. The molecule has 0 radical (unpaired) electrons. The van der Waals surface area contributed by atoms with Crippen LogP contribution >= 0.6 is 22.9 Å². The zero-order chi connectivity index (χ0) is 10.6. The molecule has 1 N–H and O–H groups in total. The van der Waals surface area contributed by atoms with Gasteiger partial charge in [0.1, 0.15) is 4.21 Å². The Kier molecular flexibility index (Phi) is 3.96. The van der Waals surface area contributed by atoms with E-state index >= 15 is 0 Å². The summed E-state index contributed by atoms with van der Waals surface area (Å²) in [5, 5.41) is 0. The number of thiophene rings is 1. The van der Waals surface area contributed by atoms with Gasteiger partial charge in [-0.05, 0) is 12.1 Å². The topological polar surface area (TPSA) is 46.2 Å². The van der Waals surface area contributed by atoms with Crippen LogP contribution in [0.15, 0.2) is 16.3 Å². The molecule has 0 amide bonds. The maximum absolute atomic E-state index is 11.5. The van der Waals surface area contributed by atoms with E-state index in [0.717, 1.165) is 11.3 Å². The van der Waals surface area contributed by atoms with Crippen molar-refractivity contribution in [3.63, 3.8) is 0 Å². The van der Waals surface area contributed by atoms with Gasteiger partial charge in [-0.3, -0.25) is 0 Å². The summed E-state index contributed by atoms with van der Waals surface area (Å²) in [4.78, 5) is 0. The lowest BCUT2D eigenvalue weighted by atomic mass is 10.5. The third-order valence-corrected chi connectivity index (χ3v) is 4.56. The Labute approximate surface area is 92.1 Å². The van der Waals surface area contributed by atoms with E-state index in [1.807, 2.05) is 0 Å². The molecule has 1 heterocycles. The van der Waals surface area contributed by atoms with Gasteiger partial charge in [0, 0.05) is 13.0 Å². The van der Waals surface area contributed by atoms with Crippen LogP contribution in [-0.4, -0.2) is 15.0 Å². The molecule has 0 saturated carbocycles. The summed E-state index contributed by atoms with van der Waals surface area (Å²) in [6.07, 6.45) is 5.37. The number of hydrogen-bond donors (Lipinski definition) is 1. The monoisotopic (exact) mass is 249 g/mol. The molecule has 0 aromatic carbocycles. The molecule has 0 unspecified atom stereocenters. The third-order valence-electron chi connectivity index (χ3n) is 1.37. The largest absolute Gasteiger partial charge is 0.250 e. The Bertz CT molecular complexity index is 444. The summed E-state index contributed by atoms with van der Waals surface area (Å²) < 4.78 is 26.0. The molecular weight excluding hydrogens is 242 g/mol. The number of sulfonamides is 1. The number of terminal acetylenes is 1. The number of halogens is 1. The molecule has 0 aliphatic carbocycles. The molecule has 0 aliphatic heterocycles. The van der Waals surface area contributed by atoms with Crippen LogP contribution in [-0.2, 0) is 10.0 Å². The van der Waals surface area contributed by atoms with Crippen LogP contribution in [0.5, 0.6) is 0 Å². The molecule has 1 aromatic heterocycles. The van der Waals surface area contributed by atoms with Crippen LogP contribution in [0.4, 0.5) is 0 Å². The lowest BCUT2D eigenvalue weighted by Crippen LogP contribution is -2.23. The van der Waals surface area contributed by atoms with E-state index in [1.54, 1.807) is 6.07 Å². The predicted molar refractivity (Wildman–Crippen MR) is 58.0 cm³/mol. The molecule has 1 aromatic rings. The molecule has 0 spiro atoms. The van der Waals surface area contributed by atoms with E-state index in [2.05, 4.69) is 10.6 Å². The normalized spacial score (nSPS) is 11.1. The fourth-order valence-corrected chi connectivity index (χ4v) is 3.33. The Morgan fingerprint density at radius 1 is 1.57 bits per heavy atom. The van der Waals surface area contributed by atoms with Gasteiger partial charge < -0.3 is 0 Å². The second-order valence-electron chi connectivity index (χ2n) is 2.41. The van der Waals surface area contributed by atoms with Crippen molar-refractivity contribution in [1.29, 1.82) is 0 Å². The smallest absolute Gasteiger partial charge is 0.209 e. The van der Waals surface area contributed by atoms with Crippen molar-refractivity contribution >= 4 is 33.0 Å². The second kappa shape index (κ2) is 4.80. The first-order valence-corrected chi connectivity index (χ1v) is 6.42. The van der Waals surface area contributed by atoms with Crippen LogP contribution < -0.4 is 4.72 Å². The predicted octanol–water partition coefficient (Wildman–Crippen LogP) is 1.70. The minimum absolute atomic E-state index is 0.208. The van der Waals surface area contributed by atoms with E-state index in [1.165, 1.54) is 6.07 Å². The molecule has 3 nitrogen and oxygen atoms in total. The van der Waals surface area contributed by atoms with Gasteiger partial charge in [-0.15, -0.1) is 23.7 Å². The van der Waals surface area contributed by atoms with Crippen LogP contribution in [0.25, 0.3) is 0 Å². The van der Waals surface area contributed by atoms with E-state index in [9.17, 15) is 8.42 Å². The second-order valence-corrected chi connectivity index (χ2v) is 6.12. The van der Waals surface area contributed by atoms with Gasteiger partial charge in [-0.1, -0.05) is 11.6 Å². The van der Waals surface area contributed by atoms with Crippen molar-refractivity contribution < 1.29 is 8.42 Å². The molecule has 76 valence electrons. The zero-order valence-electron chi connectivity index (χ0n) is 7.16. The van der Waals surface area contributed by atoms with E-state index in [4.69, 9.17) is 18.0 Å². The first-order valence-electron chi connectivity index (χ1n) is 3.75. The van der Waals surface area contributed by atoms with E-state index < -0.39 is 10.0 Å². The van der Waals surface area contributed by atoms with Crippen LogP contribution in [0, 0.1) is 12.3 Å². The van der Waals surface area contributed by atoms with Gasteiger partial charge in [0.2, 0.25) is 10.0 Å². The molecule has 0 atom stereocenters. The van der Waals surface area contributed by atoms with Crippen molar-refractivity contribution in [1.82, 2.24) is 4.72 Å². The average Bonchev–Trinajstić information content (AvgIpc) is 2.53. The van der Waals surface area contributed by atoms with Crippen molar-refractivity contribution in [2.24, 2.45) is 0 Å². The van der Waals surface area contributed by atoms with Crippen molar-refractivity contribution in [3.05, 3.63) is 16.5 Å². The van der Waals surface area contributed by atoms with E-state index in [0.29, 0.717) is 10.8 Å². The molecule has 0 aliphatic rings. The quantitative estimate of drug-likeness (QED) is 0.652. The summed E-state index contributed by atoms with van der Waals surface area (Å²) in [6.45, 7) is 0.244. The van der Waals surface area contributed by atoms with Gasteiger partial charge in [0.05, 0.1) is 4.34 Å². The minimum atomic E-state index is -3.42. The lowest BCUT2D eigenvalue weighted by molar-refractivity contribution is 0.584. The fraction of sp³-hybridized carbons (Fsp3) is 0.250. The molecule has 0 saturated heterocycles. The van der Waals surface area contributed by atoms with Crippen LogP contribution in [0.2, 0.25) is 4.34 Å². The number of hydrogen-bond acceptors (Lipinski definition) is 3. The highest BCUT2D eigenvalue weighted by Crippen LogP contribution is 2.25. The SMILES string of the molecule is C#CCCNS(=O)(=O)c1ccc(Cl)s1. The molecular formula is C8H8ClNO2S2. The van der Waals surface area contributed by atoms with Crippen molar-refractivity contribution in [2.45, 2.75) is 10.6 Å². The molecule has 0 bridgehead atoms.